The van der Waals surface area contributed by atoms with E-state index < -0.39 is 17.6 Å². The molecule has 0 heterocycles. The topological polar surface area (TPSA) is 46.6 Å². The first kappa shape index (κ1) is 19.5. The van der Waals surface area contributed by atoms with Gasteiger partial charge in [0.15, 0.2) is 12.4 Å². The van der Waals surface area contributed by atoms with Gasteiger partial charge in [0, 0.05) is 19.2 Å². The number of ketones is 1. The summed E-state index contributed by atoms with van der Waals surface area (Å²) in [5, 5.41) is 0. The summed E-state index contributed by atoms with van der Waals surface area (Å²) >= 11 is 0. The van der Waals surface area contributed by atoms with Crippen LogP contribution in [0.5, 0.6) is 5.75 Å². The van der Waals surface area contributed by atoms with E-state index in [-0.39, 0.29) is 24.5 Å². The van der Waals surface area contributed by atoms with Crippen molar-refractivity contribution < 1.29 is 27.5 Å². The molecular weight excluding hydrogens is 347 g/mol. The highest BCUT2D eigenvalue weighted by atomic mass is 19.4. The molecule has 0 aliphatic carbocycles. The lowest BCUT2D eigenvalue weighted by atomic mass is 10.1. The number of halogens is 3. The molecule has 0 saturated carbocycles. The summed E-state index contributed by atoms with van der Waals surface area (Å²) in [5.41, 5.74) is -0.230. The maximum absolute atomic E-state index is 13.0. The van der Waals surface area contributed by atoms with Gasteiger partial charge in [-0.25, -0.2) is 0 Å². The molecule has 0 aliphatic heterocycles. The number of benzene rings is 2. The van der Waals surface area contributed by atoms with E-state index in [0.717, 1.165) is 6.07 Å². The van der Waals surface area contributed by atoms with Crippen LogP contribution in [0.25, 0.3) is 0 Å². The highest BCUT2D eigenvalue weighted by Crippen LogP contribution is 2.32. The van der Waals surface area contributed by atoms with Crippen molar-refractivity contribution in [3.8, 4) is 5.75 Å². The van der Waals surface area contributed by atoms with E-state index in [9.17, 15) is 22.8 Å². The Morgan fingerprint density at radius 1 is 1.04 bits per heavy atom. The number of hydrogen-bond acceptors (Lipinski definition) is 3. The Balaban J connectivity index is 1.97. The zero-order chi connectivity index (χ0) is 19.3. The Morgan fingerprint density at radius 3 is 2.23 bits per heavy atom. The molecule has 0 aliphatic rings. The third kappa shape index (κ3) is 5.08. The summed E-state index contributed by atoms with van der Waals surface area (Å²) in [4.78, 5) is 24.5. The lowest BCUT2D eigenvalue weighted by molar-refractivity contribution is -0.140. The van der Waals surface area contributed by atoms with Crippen molar-refractivity contribution in [1.29, 1.82) is 0 Å². The molecule has 7 heteroatoms. The standard InChI is InChI=1S/C19H18F3NO3/c1-13(24)14-7-9-16(10-8-14)26-12-18(25)23(2)11-15-5-3-4-6-17(15)19(20,21)22/h3-10H,11-12H2,1-2H3. The predicted molar refractivity (Wildman–Crippen MR) is 89.9 cm³/mol. The fraction of sp³-hybridized carbons (Fsp3) is 0.263. The van der Waals surface area contributed by atoms with Crippen LogP contribution < -0.4 is 4.74 Å². The van der Waals surface area contributed by atoms with Gasteiger partial charge in [-0.3, -0.25) is 9.59 Å². The highest BCUT2D eigenvalue weighted by molar-refractivity contribution is 5.94. The average Bonchev–Trinajstić information content (AvgIpc) is 2.59. The minimum absolute atomic E-state index is 0.0154. The summed E-state index contributed by atoms with van der Waals surface area (Å²) in [5.74, 6) is -0.152. The predicted octanol–water partition coefficient (Wildman–Crippen LogP) is 3.95. The van der Waals surface area contributed by atoms with Gasteiger partial charge in [-0.15, -0.1) is 0 Å². The van der Waals surface area contributed by atoms with Crippen molar-refractivity contribution in [3.05, 3.63) is 65.2 Å². The summed E-state index contributed by atoms with van der Waals surface area (Å²) in [6.45, 7) is 0.943. The second-order valence-electron chi connectivity index (χ2n) is 5.77. The Morgan fingerprint density at radius 2 is 1.65 bits per heavy atom. The van der Waals surface area contributed by atoms with Crippen LogP contribution in [-0.2, 0) is 17.5 Å². The summed E-state index contributed by atoms with van der Waals surface area (Å²) in [6, 6.07) is 11.4. The van der Waals surface area contributed by atoms with Gasteiger partial charge >= 0.3 is 6.18 Å². The van der Waals surface area contributed by atoms with E-state index >= 15 is 0 Å². The Labute approximate surface area is 149 Å². The van der Waals surface area contributed by atoms with Crippen LogP contribution in [0.3, 0.4) is 0 Å². The van der Waals surface area contributed by atoms with E-state index in [4.69, 9.17) is 4.74 Å². The zero-order valence-corrected chi connectivity index (χ0v) is 14.3. The largest absolute Gasteiger partial charge is 0.484 e. The SMILES string of the molecule is CC(=O)c1ccc(OCC(=O)N(C)Cc2ccccc2C(F)(F)F)cc1. The van der Waals surface area contributed by atoms with E-state index in [1.54, 1.807) is 24.3 Å². The van der Waals surface area contributed by atoms with E-state index in [1.165, 1.54) is 37.1 Å². The molecule has 2 aromatic rings. The molecule has 1 amide bonds. The fourth-order valence-electron chi connectivity index (χ4n) is 2.32. The van der Waals surface area contributed by atoms with Crippen molar-refractivity contribution in [2.24, 2.45) is 0 Å². The van der Waals surface area contributed by atoms with E-state index in [1.807, 2.05) is 0 Å². The first-order valence-electron chi connectivity index (χ1n) is 7.81. The summed E-state index contributed by atoms with van der Waals surface area (Å²) in [7, 11) is 1.41. The number of nitrogens with zero attached hydrogens (tertiary/aromatic N) is 1. The molecule has 0 N–H and O–H groups in total. The van der Waals surface area contributed by atoms with Crippen molar-refractivity contribution in [2.45, 2.75) is 19.6 Å². The van der Waals surface area contributed by atoms with Gasteiger partial charge in [0.1, 0.15) is 5.75 Å². The number of alkyl halides is 3. The third-order valence-electron chi connectivity index (χ3n) is 3.78. The molecule has 0 radical (unpaired) electrons. The maximum Gasteiger partial charge on any atom is 0.416 e. The molecule has 0 aromatic heterocycles. The Hall–Kier alpha value is -2.83. The number of ether oxygens (including phenoxy) is 1. The number of amides is 1. The minimum atomic E-state index is -4.48. The van der Waals surface area contributed by atoms with Crippen molar-refractivity contribution in [1.82, 2.24) is 4.90 Å². The van der Waals surface area contributed by atoms with Crippen molar-refractivity contribution in [2.75, 3.05) is 13.7 Å². The van der Waals surface area contributed by atoms with Gasteiger partial charge in [0.25, 0.3) is 5.91 Å². The molecule has 0 fully saturated rings. The van der Waals surface area contributed by atoms with Crippen molar-refractivity contribution >= 4 is 11.7 Å². The van der Waals surface area contributed by atoms with Gasteiger partial charge in [0.05, 0.1) is 5.56 Å². The smallest absolute Gasteiger partial charge is 0.416 e. The third-order valence-corrected chi connectivity index (χ3v) is 3.78. The van der Waals surface area contributed by atoms with E-state index in [2.05, 4.69) is 0 Å². The van der Waals surface area contributed by atoms with Gasteiger partial charge in [-0.1, -0.05) is 18.2 Å². The average molecular weight is 365 g/mol. The molecule has 0 saturated heterocycles. The molecule has 0 atom stereocenters. The fourth-order valence-corrected chi connectivity index (χ4v) is 2.32. The molecule has 0 bridgehead atoms. The first-order valence-corrected chi connectivity index (χ1v) is 7.81. The molecule has 2 rings (SSSR count). The monoisotopic (exact) mass is 365 g/mol. The Bertz CT molecular complexity index is 785. The second-order valence-corrected chi connectivity index (χ2v) is 5.77. The second kappa shape index (κ2) is 8.03. The van der Waals surface area contributed by atoms with Gasteiger partial charge < -0.3 is 9.64 Å². The molecule has 138 valence electrons. The van der Waals surface area contributed by atoms with Crippen LogP contribution in [0.4, 0.5) is 13.2 Å². The van der Waals surface area contributed by atoms with Gasteiger partial charge in [-0.2, -0.15) is 13.2 Å². The maximum atomic E-state index is 13.0. The lowest BCUT2D eigenvalue weighted by Gasteiger charge is -2.20. The molecule has 0 unspecified atom stereocenters. The molecule has 0 spiro atoms. The number of carbonyl (C=O) groups excluding carboxylic acids is 2. The lowest BCUT2D eigenvalue weighted by Crippen LogP contribution is -2.31. The normalized spacial score (nSPS) is 11.1. The van der Waals surface area contributed by atoms with Gasteiger partial charge in [-0.05, 0) is 42.8 Å². The highest BCUT2D eigenvalue weighted by Gasteiger charge is 2.33. The van der Waals surface area contributed by atoms with E-state index in [0.29, 0.717) is 11.3 Å². The molecule has 4 nitrogen and oxygen atoms in total. The summed E-state index contributed by atoms with van der Waals surface area (Å²) in [6.07, 6.45) is -4.48. The van der Waals surface area contributed by atoms with Crippen LogP contribution >= 0.6 is 0 Å². The quantitative estimate of drug-likeness (QED) is 0.729. The van der Waals surface area contributed by atoms with Crippen LogP contribution in [-0.4, -0.2) is 30.2 Å². The van der Waals surface area contributed by atoms with Crippen molar-refractivity contribution in [3.63, 3.8) is 0 Å². The number of hydrogen-bond donors (Lipinski definition) is 0. The van der Waals surface area contributed by atoms with Crippen LogP contribution in [0, 0.1) is 0 Å². The summed E-state index contributed by atoms with van der Waals surface area (Å²) < 4.78 is 44.4. The van der Waals surface area contributed by atoms with Crippen LogP contribution in [0.1, 0.15) is 28.4 Å². The van der Waals surface area contributed by atoms with Crippen LogP contribution in [0.2, 0.25) is 0 Å². The molecule has 26 heavy (non-hydrogen) atoms. The molecule has 2 aromatic carbocycles. The van der Waals surface area contributed by atoms with Crippen LogP contribution in [0.15, 0.2) is 48.5 Å². The number of likely N-dealkylation sites (N-methyl/N-ethyl adjacent to an activating group) is 1. The number of carbonyl (C=O) groups is 2. The Kier molecular flexibility index (Phi) is 6.02. The zero-order valence-electron chi connectivity index (χ0n) is 14.3. The minimum Gasteiger partial charge on any atom is -0.484 e. The number of Topliss-reactive ketones (excluding diaryl/α,β-unsaturated/α-hetero) is 1. The first-order chi connectivity index (χ1) is 12.2. The number of rotatable bonds is 6. The van der Waals surface area contributed by atoms with Gasteiger partial charge in [0.2, 0.25) is 0 Å². The molecular formula is C19H18F3NO3.